The molecule has 1 aromatic heterocycles. The molecular formula is C37H47N9O3. The van der Waals surface area contributed by atoms with E-state index < -0.39 is 0 Å². The molecule has 3 aliphatic rings. The number of carbonyl (C=O) groups excluding carboxylic acids is 3. The Morgan fingerprint density at radius 3 is 2.45 bits per heavy atom. The third kappa shape index (κ3) is 8.31. The summed E-state index contributed by atoms with van der Waals surface area (Å²) in [5, 5.41) is 16.5. The number of piperidine rings is 3. The predicted octanol–water partition coefficient (Wildman–Crippen LogP) is 4.03. The molecule has 2 amide bonds. The fourth-order valence-electron chi connectivity index (χ4n) is 7.34. The molecule has 258 valence electrons. The van der Waals surface area contributed by atoms with Gasteiger partial charge in [-0.3, -0.25) is 29.5 Å². The maximum absolute atomic E-state index is 12.4. The van der Waals surface area contributed by atoms with Gasteiger partial charge < -0.3 is 20.9 Å². The minimum absolute atomic E-state index is 0.224. The van der Waals surface area contributed by atoms with Crippen LogP contribution in [0, 0.1) is 5.41 Å². The van der Waals surface area contributed by atoms with Crippen LogP contribution in [0.15, 0.2) is 48.7 Å². The fourth-order valence-corrected chi connectivity index (χ4v) is 7.34. The number of hydrogen-bond donors (Lipinski definition) is 4. The van der Waals surface area contributed by atoms with Gasteiger partial charge in [0.2, 0.25) is 17.8 Å². The third-order valence-corrected chi connectivity index (χ3v) is 10.3. The van der Waals surface area contributed by atoms with Gasteiger partial charge in [-0.1, -0.05) is 30.3 Å². The summed E-state index contributed by atoms with van der Waals surface area (Å²) in [4.78, 5) is 51.6. The summed E-state index contributed by atoms with van der Waals surface area (Å²) >= 11 is 0. The molecule has 0 spiro atoms. The van der Waals surface area contributed by atoms with Gasteiger partial charge in [-0.2, -0.15) is 0 Å². The van der Waals surface area contributed by atoms with E-state index in [2.05, 4.69) is 72.1 Å². The number of anilines is 3. The Morgan fingerprint density at radius 2 is 1.78 bits per heavy atom. The lowest BCUT2D eigenvalue weighted by molar-refractivity contribution is -0.137. The summed E-state index contributed by atoms with van der Waals surface area (Å²) < 4.78 is 0. The molecule has 1 atom stereocenters. The molecule has 3 saturated heterocycles. The summed E-state index contributed by atoms with van der Waals surface area (Å²) in [6.07, 6.45) is 8.76. The molecule has 0 saturated carbocycles. The number of likely N-dealkylation sites (tertiary alicyclic amines) is 1. The second-order valence-corrected chi connectivity index (χ2v) is 13.5. The Balaban J connectivity index is 0.971. The van der Waals surface area contributed by atoms with Crippen LogP contribution in [0.5, 0.6) is 0 Å². The van der Waals surface area contributed by atoms with E-state index in [-0.39, 0.29) is 17.9 Å². The largest absolute Gasteiger partial charge is 0.385 e. The van der Waals surface area contributed by atoms with Crippen molar-refractivity contribution in [3.8, 4) is 0 Å². The summed E-state index contributed by atoms with van der Waals surface area (Å²) in [6, 6.07) is 15.1. The predicted molar refractivity (Wildman–Crippen MR) is 191 cm³/mol. The van der Waals surface area contributed by atoms with Gasteiger partial charge >= 0.3 is 0 Å². The van der Waals surface area contributed by atoms with E-state index in [1.54, 1.807) is 13.2 Å². The maximum Gasteiger partial charge on any atom is 0.243 e. The average Bonchev–Trinajstić information content (AvgIpc) is 3.12. The zero-order valence-electron chi connectivity index (χ0n) is 28.5. The number of nitrogens with one attached hydrogen (secondary N) is 4. The smallest absolute Gasteiger partial charge is 0.243 e. The number of hydrogen-bond acceptors (Lipinski definition) is 11. The highest BCUT2D eigenvalue weighted by Crippen LogP contribution is 2.31. The van der Waals surface area contributed by atoms with Gasteiger partial charge in [0.25, 0.3) is 0 Å². The van der Waals surface area contributed by atoms with Crippen LogP contribution in [0.1, 0.15) is 77.2 Å². The van der Waals surface area contributed by atoms with Crippen molar-refractivity contribution < 1.29 is 14.4 Å². The van der Waals surface area contributed by atoms with Gasteiger partial charge in [0, 0.05) is 63.2 Å². The first-order chi connectivity index (χ1) is 23.8. The SMILES string of the molecule is CNc1cnc(NC2CCN(c3ccc(CN4CCC(c5ccc(C=O)c(CN(C)C6CCC(=O)NC6=O)c5)CC4)cc3)CC2)nc1C=N. The molecule has 3 aromatic rings. The number of carbonyl (C=O) groups is 3. The van der Waals surface area contributed by atoms with Crippen molar-refractivity contribution >= 4 is 41.6 Å². The van der Waals surface area contributed by atoms with Crippen molar-refractivity contribution in [2.45, 2.75) is 69.6 Å². The van der Waals surface area contributed by atoms with E-state index in [9.17, 15) is 14.4 Å². The Bertz CT molecular complexity index is 1650. The zero-order valence-corrected chi connectivity index (χ0v) is 28.5. The van der Waals surface area contributed by atoms with Crippen molar-refractivity contribution in [1.82, 2.24) is 25.1 Å². The minimum Gasteiger partial charge on any atom is -0.385 e. The van der Waals surface area contributed by atoms with Crippen molar-refractivity contribution in [3.63, 3.8) is 0 Å². The molecule has 3 aliphatic heterocycles. The lowest BCUT2D eigenvalue weighted by Crippen LogP contribution is -2.51. The Hall–Kier alpha value is -4.68. The lowest BCUT2D eigenvalue weighted by atomic mass is 9.87. The molecule has 0 radical (unpaired) electrons. The van der Waals surface area contributed by atoms with Crippen molar-refractivity contribution in [3.05, 3.63) is 76.6 Å². The summed E-state index contributed by atoms with van der Waals surface area (Å²) in [7, 11) is 3.68. The Morgan fingerprint density at radius 1 is 1.02 bits per heavy atom. The molecule has 4 N–H and O–H groups in total. The van der Waals surface area contributed by atoms with E-state index in [0.717, 1.165) is 75.9 Å². The summed E-state index contributed by atoms with van der Waals surface area (Å²) in [5.74, 6) is 0.507. The molecule has 12 nitrogen and oxygen atoms in total. The van der Waals surface area contributed by atoms with Crippen LogP contribution < -0.4 is 20.9 Å². The monoisotopic (exact) mass is 665 g/mol. The molecule has 0 bridgehead atoms. The Labute approximate surface area is 288 Å². The van der Waals surface area contributed by atoms with Crippen molar-refractivity contribution in [1.29, 1.82) is 5.41 Å². The number of aldehydes is 1. The number of likely N-dealkylation sites (N-methyl/N-ethyl adjacent to an activating group) is 1. The molecule has 4 heterocycles. The van der Waals surface area contributed by atoms with Crippen LogP contribution in [0.3, 0.4) is 0 Å². The summed E-state index contributed by atoms with van der Waals surface area (Å²) in [6.45, 7) is 5.34. The molecule has 49 heavy (non-hydrogen) atoms. The molecule has 0 aliphatic carbocycles. The number of aromatic nitrogens is 2. The molecular weight excluding hydrogens is 618 g/mol. The quantitative estimate of drug-likeness (QED) is 0.127. The number of imide groups is 1. The topological polar surface area (TPSA) is 147 Å². The molecule has 6 rings (SSSR count). The van der Waals surface area contributed by atoms with Crippen molar-refractivity contribution in [2.75, 3.05) is 55.8 Å². The van der Waals surface area contributed by atoms with Gasteiger partial charge in [0.05, 0.1) is 17.9 Å². The molecule has 1 unspecified atom stereocenters. The van der Waals surface area contributed by atoms with Gasteiger partial charge in [-0.15, -0.1) is 0 Å². The zero-order chi connectivity index (χ0) is 34.3. The highest BCUT2D eigenvalue weighted by Gasteiger charge is 2.30. The van der Waals surface area contributed by atoms with Crippen LogP contribution in [0.4, 0.5) is 17.3 Å². The highest BCUT2D eigenvalue weighted by molar-refractivity contribution is 6.00. The van der Waals surface area contributed by atoms with E-state index >= 15 is 0 Å². The molecule has 3 fully saturated rings. The van der Waals surface area contributed by atoms with Crippen LogP contribution >= 0.6 is 0 Å². The van der Waals surface area contributed by atoms with E-state index in [4.69, 9.17) is 5.41 Å². The normalized spacial score (nSPS) is 19.5. The van der Waals surface area contributed by atoms with E-state index in [1.165, 1.54) is 23.0 Å². The lowest BCUT2D eigenvalue weighted by Gasteiger charge is -2.34. The van der Waals surface area contributed by atoms with Crippen LogP contribution in [0.2, 0.25) is 0 Å². The van der Waals surface area contributed by atoms with Gasteiger partial charge in [0.1, 0.15) is 12.0 Å². The number of nitrogens with zero attached hydrogens (tertiary/aromatic N) is 5. The number of benzene rings is 2. The first-order valence-electron chi connectivity index (χ1n) is 17.3. The Kier molecular flexibility index (Phi) is 10.9. The number of amides is 2. The molecule has 2 aromatic carbocycles. The van der Waals surface area contributed by atoms with Crippen LogP contribution in [-0.4, -0.2) is 96.4 Å². The highest BCUT2D eigenvalue weighted by atomic mass is 16.2. The summed E-state index contributed by atoms with van der Waals surface area (Å²) in [5.41, 5.74) is 6.71. The van der Waals surface area contributed by atoms with Crippen LogP contribution in [0.25, 0.3) is 0 Å². The standard InChI is InChI=1S/C37H47N9O3/c1-39-33-21-40-37(42-32(33)20-38)41-30-13-17-46(18-14-30)31-7-3-25(4-8-31)22-45-15-11-26(12-16-45)27-5-6-28(24-47)29(19-27)23-44(2)34-9-10-35(48)43-36(34)49/h3-8,19-21,24,26,30,34,38-39H,9-18,22-23H2,1-2H3,(H,40,41,42)(H,43,48,49). The maximum atomic E-state index is 12.4. The van der Waals surface area contributed by atoms with Gasteiger partial charge in [-0.25, -0.2) is 9.97 Å². The van der Waals surface area contributed by atoms with E-state index in [1.807, 2.05) is 18.0 Å². The first-order valence-corrected chi connectivity index (χ1v) is 17.3. The van der Waals surface area contributed by atoms with Gasteiger partial charge in [-0.05, 0) is 87.0 Å². The van der Waals surface area contributed by atoms with E-state index in [0.29, 0.717) is 48.6 Å². The van der Waals surface area contributed by atoms with Crippen LogP contribution in [-0.2, 0) is 22.7 Å². The average molecular weight is 666 g/mol. The molecule has 12 heteroatoms. The fraction of sp³-hybridized carbons (Fsp3) is 0.459. The van der Waals surface area contributed by atoms with Gasteiger partial charge in [0.15, 0.2) is 0 Å². The second kappa shape index (κ2) is 15.7. The third-order valence-electron chi connectivity index (χ3n) is 10.3. The van der Waals surface area contributed by atoms with Crippen molar-refractivity contribution in [2.24, 2.45) is 0 Å². The first kappa shape index (κ1) is 34.2. The second-order valence-electron chi connectivity index (χ2n) is 13.5. The minimum atomic E-state index is -0.376. The number of rotatable bonds is 12.